The van der Waals surface area contributed by atoms with Gasteiger partial charge in [0.15, 0.2) is 10.9 Å². The lowest BCUT2D eigenvalue weighted by Crippen LogP contribution is -2.12. The molecule has 0 bridgehead atoms. The van der Waals surface area contributed by atoms with Gasteiger partial charge in [0, 0.05) is 29.6 Å². The van der Waals surface area contributed by atoms with Crippen molar-refractivity contribution < 1.29 is 9.32 Å². The normalized spacial score (nSPS) is 13.9. The number of anilines is 1. The summed E-state index contributed by atoms with van der Waals surface area (Å²) in [7, 11) is 1.89. The van der Waals surface area contributed by atoms with Crippen LogP contribution in [0.3, 0.4) is 0 Å². The molecule has 24 heavy (non-hydrogen) atoms. The largest absolute Gasteiger partial charge is 0.360 e. The van der Waals surface area contributed by atoms with Gasteiger partial charge in [0.25, 0.3) is 5.91 Å². The predicted octanol–water partition coefficient (Wildman–Crippen LogP) is 3.08. The van der Waals surface area contributed by atoms with Crippen LogP contribution in [0.2, 0.25) is 0 Å². The number of carbonyl (C=O) groups excluding carboxylic acids is 1. The SMILES string of the molecule is Cn1cnnc1Sc1ccc(NC(=O)c2cc(C3CC3)on2)cc1. The number of nitrogens with one attached hydrogen (secondary N) is 1. The molecule has 0 unspecified atom stereocenters. The van der Waals surface area contributed by atoms with Crippen LogP contribution in [0.4, 0.5) is 5.69 Å². The van der Waals surface area contributed by atoms with Crippen LogP contribution >= 0.6 is 11.8 Å². The molecule has 8 heteroatoms. The smallest absolute Gasteiger partial charge is 0.277 e. The van der Waals surface area contributed by atoms with E-state index in [1.165, 1.54) is 11.8 Å². The molecular formula is C16H15N5O2S. The molecule has 1 aliphatic rings. The summed E-state index contributed by atoms with van der Waals surface area (Å²) in [6.07, 6.45) is 3.88. The lowest BCUT2D eigenvalue weighted by molar-refractivity contribution is 0.101. The number of hydrogen-bond acceptors (Lipinski definition) is 6. The fraction of sp³-hybridized carbons (Fsp3) is 0.250. The Kier molecular flexibility index (Phi) is 3.81. The van der Waals surface area contributed by atoms with Crippen molar-refractivity contribution in [2.75, 3.05) is 5.32 Å². The van der Waals surface area contributed by atoms with Crippen LogP contribution in [0.1, 0.15) is 35.0 Å². The molecule has 1 amide bonds. The average molecular weight is 341 g/mol. The zero-order chi connectivity index (χ0) is 16.5. The van der Waals surface area contributed by atoms with Gasteiger partial charge in [-0.2, -0.15) is 0 Å². The molecule has 1 saturated carbocycles. The van der Waals surface area contributed by atoms with Gasteiger partial charge in [0.2, 0.25) is 0 Å². The zero-order valence-corrected chi connectivity index (χ0v) is 13.8. The average Bonchev–Trinajstić information content (AvgIpc) is 3.17. The maximum absolute atomic E-state index is 12.2. The second kappa shape index (κ2) is 6.12. The molecule has 7 nitrogen and oxygen atoms in total. The Morgan fingerprint density at radius 1 is 1.33 bits per heavy atom. The lowest BCUT2D eigenvalue weighted by atomic mass is 10.2. The fourth-order valence-electron chi connectivity index (χ4n) is 2.23. The van der Waals surface area contributed by atoms with E-state index in [9.17, 15) is 4.79 Å². The summed E-state index contributed by atoms with van der Waals surface area (Å²) >= 11 is 1.51. The molecule has 0 atom stereocenters. The van der Waals surface area contributed by atoms with Crippen molar-refractivity contribution in [3.63, 3.8) is 0 Å². The number of aryl methyl sites for hydroxylation is 1. The maximum Gasteiger partial charge on any atom is 0.277 e. The molecule has 1 fully saturated rings. The van der Waals surface area contributed by atoms with Crippen LogP contribution in [0, 0.1) is 0 Å². The number of aromatic nitrogens is 4. The molecule has 0 radical (unpaired) electrons. The Bertz CT molecular complexity index is 867. The van der Waals surface area contributed by atoms with Crippen LogP contribution in [-0.2, 0) is 7.05 Å². The monoisotopic (exact) mass is 341 g/mol. The molecule has 1 aromatic carbocycles. The van der Waals surface area contributed by atoms with Gasteiger partial charge in [0.05, 0.1) is 0 Å². The molecule has 0 saturated heterocycles. The van der Waals surface area contributed by atoms with Gasteiger partial charge in [-0.15, -0.1) is 10.2 Å². The third-order valence-electron chi connectivity index (χ3n) is 3.73. The highest BCUT2D eigenvalue weighted by Crippen LogP contribution is 2.40. The van der Waals surface area contributed by atoms with Crippen molar-refractivity contribution in [2.24, 2.45) is 7.05 Å². The van der Waals surface area contributed by atoms with Crippen molar-refractivity contribution in [3.05, 3.63) is 48.1 Å². The molecule has 122 valence electrons. The van der Waals surface area contributed by atoms with E-state index in [-0.39, 0.29) is 5.91 Å². The Labute approximate surface area is 142 Å². The fourth-order valence-corrected chi connectivity index (χ4v) is 2.99. The molecule has 0 aliphatic heterocycles. The van der Waals surface area contributed by atoms with Crippen molar-refractivity contribution in [1.82, 2.24) is 19.9 Å². The third-order valence-corrected chi connectivity index (χ3v) is 4.79. The minimum Gasteiger partial charge on any atom is -0.360 e. The standard InChI is InChI=1S/C16H15N5O2S/c1-21-9-17-19-16(21)24-12-6-4-11(5-7-12)18-15(22)13-8-14(23-20-13)10-2-3-10/h4-10H,2-3H2,1H3,(H,18,22). The van der Waals surface area contributed by atoms with Gasteiger partial charge < -0.3 is 14.4 Å². The van der Waals surface area contributed by atoms with Crippen LogP contribution in [0.5, 0.6) is 0 Å². The molecule has 1 aliphatic carbocycles. The van der Waals surface area contributed by atoms with E-state index in [1.807, 2.05) is 35.9 Å². The van der Waals surface area contributed by atoms with Gasteiger partial charge in [-0.05, 0) is 48.9 Å². The summed E-state index contributed by atoms with van der Waals surface area (Å²) in [6, 6.07) is 9.27. The number of hydrogen-bond donors (Lipinski definition) is 1. The minimum atomic E-state index is -0.264. The van der Waals surface area contributed by atoms with Crippen LogP contribution in [0.15, 0.2) is 51.2 Å². The third kappa shape index (κ3) is 3.18. The van der Waals surface area contributed by atoms with E-state index in [1.54, 1.807) is 12.4 Å². The van der Waals surface area contributed by atoms with Crippen molar-refractivity contribution in [2.45, 2.75) is 28.8 Å². The molecule has 3 aromatic rings. The van der Waals surface area contributed by atoms with E-state index in [0.29, 0.717) is 17.3 Å². The molecule has 4 rings (SSSR count). The van der Waals surface area contributed by atoms with Crippen LogP contribution in [0.25, 0.3) is 0 Å². The Morgan fingerprint density at radius 3 is 2.79 bits per heavy atom. The van der Waals surface area contributed by atoms with Gasteiger partial charge >= 0.3 is 0 Å². The number of carbonyl (C=O) groups is 1. The highest BCUT2D eigenvalue weighted by atomic mass is 32.2. The highest BCUT2D eigenvalue weighted by molar-refractivity contribution is 7.99. The second-order valence-corrected chi connectivity index (χ2v) is 6.73. The number of benzene rings is 1. The van der Waals surface area contributed by atoms with E-state index in [4.69, 9.17) is 4.52 Å². The topological polar surface area (TPSA) is 85.8 Å². The highest BCUT2D eigenvalue weighted by Gasteiger charge is 2.28. The van der Waals surface area contributed by atoms with Gasteiger partial charge in [0.1, 0.15) is 12.1 Å². The van der Waals surface area contributed by atoms with Gasteiger partial charge in [-0.25, -0.2) is 0 Å². The van der Waals surface area contributed by atoms with Crippen LogP contribution in [-0.4, -0.2) is 25.8 Å². The zero-order valence-electron chi connectivity index (χ0n) is 13.0. The minimum absolute atomic E-state index is 0.264. The quantitative estimate of drug-likeness (QED) is 0.767. The summed E-state index contributed by atoms with van der Waals surface area (Å²) in [6.45, 7) is 0. The number of nitrogens with zero attached hydrogens (tertiary/aromatic N) is 4. The molecule has 1 N–H and O–H groups in total. The first-order valence-corrected chi connectivity index (χ1v) is 8.40. The van der Waals surface area contributed by atoms with Crippen molar-refractivity contribution in [3.8, 4) is 0 Å². The van der Waals surface area contributed by atoms with Crippen LogP contribution < -0.4 is 5.32 Å². The lowest BCUT2D eigenvalue weighted by Gasteiger charge is -2.04. The molecule has 2 heterocycles. The predicted molar refractivity (Wildman–Crippen MR) is 88.0 cm³/mol. The first kappa shape index (κ1) is 14.9. The second-order valence-electron chi connectivity index (χ2n) is 5.69. The first-order chi connectivity index (χ1) is 11.7. The molecule has 0 spiro atoms. The van der Waals surface area contributed by atoms with E-state index < -0.39 is 0 Å². The molecular weight excluding hydrogens is 326 g/mol. The van der Waals surface area contributed by atoms with E-state index in [0.717, 1.165) is 28.7 Å². The van der Waals surface area contributed by atoms with E-state index >= 15 is 0 Å². The summed E-state index contributed by atoms with van der Waals surface area (Å²) < 4.78 is 7.06. The Hall–Kier alpha value is -2.61. The van der Waals surface area contributed by atoms with Gasteiger partial charge in [-0.1, -0.05) is 5.16 Å². The first-order valence-electron chi connectivity index (χ1n) is 7.59. The summed E-state index contributed by atoms with van der Waals surface area (Å²) in [4.78, 5) is 13.2. The Balaban J connectivity index is 1.40. The maximum atomic E-state index is 12.2. The number of amides is 1. The summed E-state index contributed by atoms with van der Waals surface area (Å²) in [5.74, 6) is 0.978. The van der Waals surface area contributed by atoms with Crippen molar-refractivity contribution in [1.29, 1.82) is 0 Å². The van der Waals surface area contributed by atoms with E-state index in [2.05, 4.69) is 20.7 Å². The molecule has 2 aromatic heterocycles. The summed E-state index contributed by atoms with van der Waals surface area (Å²) in [5, 5.41) is 15.4. The van der Waals surface area contributed by atoms with Crippen molar-refractivity contribution >= 4 is 23.4 Å². The summed E-state index contributed by atoms with van der Waals surface area (Å²) in [5.41, 5.74) is 1.02. The Morgan fingerprint density at radius 2 is 2.12 bits per heavy atom. The van der Waals surface area contributed by atoms with Gasteiger partial charge in [-0.3, -0.25) is 4.79 Å². The number of rotatable bonds is 5.